The van der Waals surface area contributed by atoms with Crippen LogP contribution in [0.5, 0.6) is 0 Å². The highest BCUT2D eigenvalue weighted by Gasteiger charge is 2.32. The molecule has 1 aromatic carbocycles. The first kappa shape index (κ1) is 18.0. The zero-order chi connectivity index (χ0) is 17.9. The van der Waals surface area contributed by atoms with Crippen molar-refractivity contribution in [1.82, 2.24) is 9.29 Å². The van der Waals surface area contributed by atoms with E-state index in [4.69, 9.17) is 0 Å². The summed E-state index contributed by atoms with van der Waals surface area (Å²) in [6, 6.07) is 10.1. The van der Waals surface area contributed by atoms with Crippen molar-refractivity contribution in [1.29, 1.82) is 0 Å². The number of benzene rings is 1. The van der Waals surface area contributed by atoms with Gasteiger partial charge in [-0.3, -0.25) is 9.78 Å². The van der Waals surface area contributed by atoms with Crippen molar-refractivity contribution < 1.29 is 13.2 Å². The Kier molecular flexibility index (Phi) is 5.51. The van der Waals surface area contributed by atoms with Gasteiger partial charge in [-0.05, 0) is 49.2 Å². The van der Waals surface area contributed by atoms with E-state index in [1.165, 1.54) is 4.31 Å². The lowest BCUT2D eigenvalue weighted by molar-refractivity contribution is -0.120. The molecule has 1 amide bonds. The van der Waals surface area contributed by atoms with Crippen LogP contribution in [0.4, 0.5) is 5.69 Å². The summed E-state index contributed by atoms with van der Waals surface area (Å²) in [5.41, 5.74) is 0.650. The van der Waals surface area contributed by atoms with Gasteiger partial charge >= 0.3 is 0 Å². The molecular formula is C17H18BrN3O3S. The Bertz CT molecular complexity index is 833. The van der Waals surface area contributed by atoms with Gasteiger partial charge < -0.3 is 5.32 Å². The zero-order valence-electron chi connectivity index (χ0n) is 13.4. The van der Waals surface area contributed by atoms with Crippen LogP contribution in [0, 0.1) is 5.92 Å². The number of carbonyl (C=O) groups excluding carboxylic acids is 1. The summed E-state index contributed by atoms with van der Waals surface area (Å²) in [6.45, 7) is 0.674. The molecule has 132 valence electrons. The molecule has 25 heavy (non-hydrogen) atoms. The second-order valence-electron chi connectivity index (χ2n) is 5.86. The first-order valence-corrected chi connectivity index (χ1v) is 10.2. The van der Waals surface area contributed by atoms with Gasteiger partial charge in [-0.15, -0.1) is 0 Å². The summed E-state index contributed by atoms with van der Waals surface area (Å²) in [6.07, 6.45) is 4.23. The van der Waals surface area contributed by atoms with Gasteiger partial charge in [-0.2, -0.15) is 4.31 Å². The normalized spacial score (nSPS) is 16.5. The van der Waals surface area contributed by atoms with Gasteiger partial charge in [0.15, 0.2) is 0 Å². The molecule has 2 aromatic rings. The molecule has 1 aliphatic heterocycles. The monoisotopic (exact) mass is 423 g/mol. The van der Waals surface area contributed by atoms with E-state index in [-0.39, 0.29) is 16.7 Å². The number of aromatic nitrogens is 1. The van der Waals surface area contributed by atoms with Crippen LogP contribution < -0.4 is 5.32 Å². The molecular weight excluding hydrogens is 406 g/mol. The van der Waals surface area contributed by atoms with Crippen LogP contribution in [0.3, 0.4) is 0 Å². The molecule has 1 aliphatic rings. The first-order chi connectivity index (χ1) is 12.0. The summed E-state index contributed by atoms with van der Waals surface area (Å²) in [5, 5.41) is 2.83. The van der Waals surface area contributed by atoms with E-state index in [0.717, 1.165) is 4.47 Å². The van der Waals surface area contributed by atoms with E-state index >= 15 is 0 Å². The van der Waals surface area contributed by atoms with Crippen LogP contribution in [0.15, 0.2) is 58.2 Å². The van der Waals surface area contributed by atoms with Crippen LogP contribution in [-0.2, 0) is 14.8 Å². The number of anilines is 1. The molecule has 1 N–H and O–H groups in total. The number of piperidine rings is 1. The predicted octanol–water partition coefficient (Wildman–Crippen LogP) is 2.88. The zero-order valence-corrected chi connectivity index (χ0v) is 15.8. The van der Waals surface area contributed by atoms with Crippen LogP contribution in [-0.4, -0.2) is 36.7 Å². The number of nitrogens with one attached hydrogen (secondary N) is 1. The topological polar surface area (TPSA) is 79.4 Å². The molecule has 8 heteroatoms. The number of rotatable bonds is 4. The number of sulfonamides is 1. The molecule has 0 radical (unpaired) electrons. The van der Waals surface area contributed by atoms with E-state index in [1.54, 1.807) is 48.8 Å². The van der Waals surface area contributed by atoms with E-state index in [2.05, 4.69) is 26.2 Å². The van der Waals surface area contributed by atoms with Crippen LogP contribution in [0.25, 0.3) is 0 Å². The van der Waals surface area contributed by atoms with Gasteiger partial charge in [0.05, 0.1) is 16.8 Å². The third-order valence-corrected chi connectivity index (χ3v) is 6.65. The lowest BCUT2D eigenvalue weighted by atomic mass is 9.97. The maximum atomic E-state index is 12.7. The van der Waals surface area contributed by atoms with E-state index in [1.807, 2.05) is 0 Å². The quantitative estimate of drug-likeness (QED) is 0.819. The van der Waals surface area contributed by atoms with Crippen molar-refractivity contribution in [3.8, 4) is 0 Å². The van der Waals surface area contributed by atoms with Gasteiger partial charge in [0, 0.05) is 29.7 Å². The molecule has 6 nitrogen and oxygen atoms in total. The Morgan fingerprint density at radius 2 is 1.84 bits per heavy atom. The molecule has 0 aliphatic carbocycles. The molecule has 1 saturated heterocycles. The molecule has 0 saturated carbocycles. The SMILES string of the molecule is O=C(Nc1cccnc1)C1CCN(S(=O)(=O)c2ccc(Br)cc2)CC1. The number of amides is 1. The van der Waals surface area contributed by atoms with E-state index in [9.17, 15) is 13.2 Å². The summed E-state index contributed by atoms with van der Waals surface area (Å²) in [4.78, 5) is 16.6. The second kappa shape index (κ2) is 7.63. The summed E-state index contributed by atoms with van der Waals surface area (Å²) < 4.78 is 27.6. The lowest BCUT2D eigenvalue weighted by Gasteiger charge is -2.30. The van der Waals surface area contributed by atoms with Crippen LogP contribution >= 0.6 is 15.9 Å². The van der Waals surface area contributed by atoms with Gasteiger partial charge in [-0.1, -0.05) is 15.9 Å². The standard InChI is InChI=1S/C17H18BrN3O3S/c18-14-3-5-16(6-4-14)25(23,24)21-10-7-13(8-11-21)17(22)20-15-2-1-9-19-12-15/h1-6,9,12-13H,7-8,10-11H2,(H,20,22). The predicted molar refractivity (Wildman–Crippen MR) is 98.5 cm³/mol. The number of nitrogens with zero attached hydrogens (tertiary/aromatic N) is 2. The molecule has 0 spiro atoms. The maximum absolute atomic E-state index is 12.7. The number of halogens is 1. The van der Waals surface area contributed by atoms with E-state index < -0.39 is 10.0 Å². The number of hydrogen-bond acceptors (Lipinski definition) is 4. The molecule has 0 unspecified atom stereocenters. The lowest BCUT2D eigenvalue weighted by Crippen LogP contribution is -2.41. The van der Waals surface area contributed by atoms with Gasteiger partial charge in [0.2, 0.25) is 15.9 Å². The third-order valence-electron chi connectivity index (χ3n) is 4.21. The van der Waals surface area contributed by atoms with Crippen LogP contribution in [0.2, 0.25) is 0 Å². The fourth-order valence-corrected chi connectivity index (χ4v) is 4.53. The van der Waals surface area contributed by atoms with Crippen molar-refractivity contribution in [3.05, 3.63) is 53.3 Å². The smallest absolute Gasteiger partial charge is 0.243 e. The number of pyridine rings is 1. The highest BCUT2D eigenvalue weighted by atomic mass is 79.9. The minimum Gasteiger partial charge on any atom is -0.324 e. The van der Waals surface area contributed by atoms with Crippen LogP contribution in [0.1, 0.15) is 12.8 Å². The summed E-state index contributed by atoms with van der Waals surface area (Å²) >= 11 is 3.30. The molecule has 2 heterocycles. The summed E-state index contributed by atoms with van der Waals surface area (Å²) in [7, 11) is -3.52. The number of hydrogen-bond donors (Lipinski definition) is 1. The highest BCUT2D eigenvalue weighted by Crippen LogP contribution is 2.25. The Morgan fingerprint density at radius 3 is 2.44 bits per heavy atom. The minimum absolute atomic E-state index is 0.0892. The Hall–Kier alpha value is -1.77. The minimum atomic E-state index is -3.52. The van der Waals surface area contributed by atoms with Crippen molar-refractivity contribution in [3.63, 3.8) is 0 Å². The molecule has 1 fully saturated rings. The Morgan fingerprint density at radius 1 is 1.16 bits per heavy atom. The third kappa shape index (κ3) is 4.26. The van der Waals surface area contributed by atoms with Crippen molar-refractivity contribution >= 4 is 37.5 Å². The highest BCUT2D eigenvalue weighted by molar-refractivity contribution is 9.10. The Balaban J connectivity index is 1.61. The van der Waals surface area contributed by atoms with Gasteiger partial charge in [-0.25, -0.2) is 8.42 Å². The average molecular weight is 424 g/mol. The fraction of sp³-hybridized carbons (Fsp3) is 0.294. The van der Waals surface area contributed by atoms with Gasteiger partial charge in [0.25, 0.3) is 0 Å². The second-order valence-corrected chi connectivity index (χ2v) is 8.72. The number of carbonyl (C=O) groups is 1. The molecule has 3 rings (SSSR count). The first-order valence-electron chi connectivity index (χ1n) is 7.93. The largest absolute Gasteiger partial charge is 0.324 e. The fourth-order valence-electron chi connectivity index (χ4n) is 2.80. The molecule has 1 aromatic heterocycles. The van der Waals surface area contributed by atoms with Crippen molar-refractivity contribution in [2.45, 2.75) is 17.7 Å². The van der Waals surface area contributed by atoms with Gasteiger partial charge in [0.1, 0.15) is 0 Å². The molecule has 0 bridgehead atoms. The average Bonchev–Trinajstić information content (AvgIpc) is 2.63. The van der Waals surface area contributed by atoms with Crippen molar-refractivity contribution in [2.75, 3.05) is 18.4 Å². The molecule has 0 atom stereocenters. The van der Waals surface area contributed by atoms with E-state index in [0.29, 0.717) is 31.6 Å². The summed E-state index contributed by atoms with van der Waals surface area (Å²) in [5.74, 6) is -0.287. The Labute approximate surface area is 155 Å². The van der Waals surface area contributed by atoms with Crippen molar-refractivity contribution in [2.24, 2.45) is 5.92 Å². The maximum Gasteiger partial charge on any atom is 0.243 e.